The molecule has 0 spiro atoms. The molecule has 28 heavy (non-hydrogen) atoms. The summed E-state index contributed by atoms with van der Waals surface area (Å²) in [4.78, 5) is 23.2. The predicted octanol–water partition coefficient (Wildman–Crippen LogP) is 1.35. The van der Waals surface area contributed by atoms with E-state index >= 15 is 0 Å². The summed E-state index contributed by atoms with van der Waals surface area (Å²) in [6.45, 7) is 1.87. The van der Waals surface area contributed by atoms with Gasteiger partial charge in [-0.2, -0.15) is 0 Å². The van der Waals surface area contributed by atoms with E-state index in [1.165, 1.54) is 12.8 Å². The molecule has 0 bridgehead atoms. The standard InChI is InChI=1S/C19H29N5O3S/c25-19(23-16-7-9-28(26,27)12-16)6-3-14-2-1-8-24(11-14)18-10-17(20-13-21-18)22-15-4-5-15/h10,13-16H,1-9,11-12H2,(H,23,25)(H,20,21,22)/t14-,16+/m0/s1. The summed E-state index contributed by atoms with van der Waals surface area (Å²) in [5.74, 6) is 2.52. The molecule has 2 aliphatic heterocycles. The first-order valence-corrected chi connectivity index (χ1v) is 12.1. The molecular formula is C19H29N5O3S. The number of carbonyl (C=O) groups excluding carboxylic acids is 1. The Labute approximate surface area is 166 Å². The molecule has 1 saturated carbocycles. The van der Waals surface area contributed by atoms with E-state index in [1.54, 1.807) is 6.33 Å². The van der Waals surface area contributed by atoms with Crippen LogP contribution < -0.4 is 15.5 Å². The van der Waals surface area contributed by atoms with Gasteiger partial charge in [-0.1, -0.05) is 0 Å². The van der Waals surface area contributed by atoms with Crippen LogP contribution in [0.15, 0.2) is 12.4 Å². The zero-order valence-corrected chi connectivity index (χ0v) is 17.0. The second-order valence-corrected chi connectivity index (χ2v) is 10.6. The molecule has 1 aliphatic carbocycles. The molecule has 0 aromatic carbocycles. The maximum absolute atomic E-state index is 12.2. The van der Waals surface area contributed by atoms with Gasteiger partial charge in [-0.3, -0.25) is 4.79 Å². The summed E-state index contributed by atoms with van der Waals surface area (Å²) in [7, 11) is -2.96. The Bertz CT molecular complexity index is 812. The molecule has 4 rings (SSSR count). The topological polar surface area (TPSA) is 104 Å². The van der Waals surface area contributed by atoms with Crippen LogP contribution in [0.2, 0.25) is 0 Å². The van der Waals surface area contributed by atoms with E-state index in [9.17, 15) is 13.2 Å². The number of nitrogens with one attached hydrogen (secondary N) is 2. The van der Waals surface area contributed by atoms with E-state index in [0.29, 0.717) is 24.8 Å². The lowest BCUT2D eigenvalue weighted by Gasteiger charge is -2.33. The maximum atomic E-state index is 12.2. The Morgan fingerprint density at radius 1 is 1.18 bits per heavy atom. The Kier molecular flexibility index (Phi) is 5.70. The summed E-state index contributed by atoms with van der Waals surface area (Å²) in [5.41, 5.74) is 0. The van der Waals surface area contributed by atoms with Crippen LogP contribution in [0.25, 0.3) is 0 Å². The molecule has 9 heteroatoms. The number of aromatic nitrogens is 2. The highest BCUT2D eigenvalue weighted by molar-refractivity contribution is 7.91. The number of anilines is 2. The van der Waals surface area contributed by atoms with Crippen molar-refractivity contribution in [3.63, 3.8) is 0 Å². The molecule has 1 amide bonds. The lowest BCUT2D eigenvalue weighted by Crippen LogP contribution is -2.38. The summed E-state index contributed by atoms with van der Waals surface area (Å²) in [6.07, 6.45) is 8.04. The van der Waals surface area contributed by atoms with Crippen molar-refractivity contribution in [2.45, 2.75) is 57.0 Å². The molecule has 3 heterocycles. The number of nitrogens with zero attached hydrogens (tertiary/aromatic N) is 3. The second kappa shape index (κ2) is 8.23. The van der Waals surface area contributed by atoms with E-state index in [-0.39, 0.29) is 23.5 Å². The monoisotopic (exact) mass is 407 g/mol. The molecule has 2 N–H and O–H groups in total. The predicted molar refractivity (Wildman–Crippen MR) is 108 cm³/mol. The van der Waals surface area contributed by atoms with Gasteiger partial charge in [-0.25, -0.2) is 18.4 Å². The summed E-state index contributed by atoms with van der Waals surface area (Å²) in [6, 6.07) is 2.37. The van der Waals surface area contributed by atoms with Crippen LogP contribution in [0.4, 0.5) is 11.6 Å². The highest BCUT2D eigenvalue weighted by Gasteiger charge is 2.29. The van der Waals surface area contributed by atoms with Gasteiger partial charge in [0.2, 0.25) is 5.91 Å². The van der Waals surface area contributed by atoms with Crippen LogP contribution in [0.3, 0.4) is 0 Å². The van der Waals surface area contributed by atoms with Crippen molar-refractivity contribution in [2.75, 3.05) is 34.8 Å². The number of rotatable bonds is 7. The van der Waals surface area contributed by atoms with Crippen LogP contribution in [0, 0.1) is 5.92 Å². The zero-order chi connectivity index (χ0) is 19.6. The summed E-state index contributed by atoms with van der Waals surface area (Å²) >= 11 is 0. The molecule has 2 saturated heterocycles. The van der Waals surface area contributed by atoms with Crippen LogP contribution in [0.1, 0.15) is 44.9 Å². The third-order valence-electron chi connectivity index (χ3n) is 5.80. The number of carbonyl (C=O) groups is 1. The van der Waals surface area contributed by atoms with Crippen molar-refractivity contribution in [2.24, 2.45) is 5.92 Å². The fourth-order valence-corrected chi connectivity index (χ4v) is 5.76. The first kappa shape index (κ1) is 19.4. The van der Waals surface area contributed by atoms with Gasteiger partial charge in [0.05, 0.1) is 11.5 Å². The van der Waals surface area contributed by atoms with Crippen molar-refractivity contribution in [1.82, 2.24) is 15.3 Å². The minimum Gasteiger partial charge on any atom is -0.367 e. The largest absolute Gasteiger partial charge is 0.367 e. The quantitative estimate of drug-likeness (QED) is 0.703. The molecule has 0 unspecified atom stereocenters. The highest BCUT2D eigenvalue weighted by Crippen LogP contribution is 2.28. The molecule has 2 atom stereocenters. The number of hydrogen-bond acceptors (Lipinski definition) is 7. The minimum atomic E-state index is -2.96. The van der Waals surface area contributed by atoms with E-state index in [2.05, 4.69) is 25.5 Å². The molecule has 1 aromatic heterocycles. The smallest absolute Gasteiger partial charge is 0.220 e. The van der Waals surface area contributed by atoms with E-state index in [4.69, 9.17) is 0 Å². The van der Waals surface area contributed by atoms with Gasteiger partial charge in [0, 0.05) is 37.7 Å². The molecule has 1 aromatic rings. The van der Waals surface area contributed by atoms with E-state index < -0.39 is 9.84 Å². The average molecular weight is 408 g/mol. The number of hydrogen-bond donors (Lipinski definition) is 2. The van der Waals surface area contributed by atoms with Gasteiger partial charge in [0.1, 0.15) is 18.0 Å². The lowest BCUT2D eigenvalue weighted by atomic mass is 9.93. The van der Waals surface area contributed by atoms with Gasteiger partial charge in [-0.05, 0) is 44.4 Å². The fourth-order valence-electron chi connectivity index (χ4n) is 4.09. The van der Waals surface area contributed by atoms with Crippen molar-refractivity contribution in [1.29, 1.82) is 0 Å². The molecule has 3 fully saturated rings. The van der Waals surface area contributed by atoms with Crippen molar-refractivity contribution < 1.29 is 13.2 Å². The second-order valence-electron chi connectivity index (χ2n) is 8.34. The molecule has 154 valence electrons. The first-order valence-electron chi connectivity index (χ1n) is 10.3. The third-order valence-corrected chi connectivity index (χ3v) is 7.57. The van der Waals surface area contributed by atoms with Crippen molar-refractivity contribution >= 4 is 27.4 Å². The molecule has 0 radical (unpaired) electrons. The maximum Gasteiger partial charge on any atom is 0.220 e. The summed E-state index contributed by atoms with van der Waals surface area (Å²) in [5, 5.41) is 6.30. The lowest BCUT2D eigenvalue weighted by molar-refractivity contribution is -0.121. The highest BCUT2D eigenvalue weighted by atomic mass is 32.2. The third kappa shape index (κ3) is 5.33. The van der Waals surface area contributed by atoms with E-state index in [0.717, 1.165) is 44.0 Å². The van der Waals surface area contributed by atoms with Crippen LogP contribution in [-0.2, 0) is 14.6 Å². The van der Waals surface area contributed by atoms with Crippen LogP contribution in [-0.4, -0.2) is 61.0 Å². The zero-order valence-electron chi connectivity index (χ0n) is 16.1. The van der Waals surface area contributed by atoms with Crippen molar-refractivity contribution in [3.05, 3.63) is 12.4 Å². The van der Waals surface area contributed by atoms with E-state index in [1.807, 2.05) is 6.07 Å². The van der Waals surface area contributed by atoms with Gasteiger partial charge >= 0.3 is 0 Å². The van der Waals surface area contributed by atoms with Gasteiger partial charge in [-0.15, -0.1) is 0 Å². The molecule has 8 nitrogen and oxygen atoms in total. The van der Waals surface area contributed by atoms with Gasteiger partial charge < -0.3 is 15.5 Å². The van der Waals surface area contributed by atoms with Crippen LogP contribution in [0.5, 0.6) is 0 Å². The number of amides is 1. The van der Waals surface area contributed by atoms with Gasteiger partial charge in [0.15, 0.2) is 9.84 Å². The average Bonchev–Trinajstić information content (AvgIpc) is 3.42. The first-order chi connectivity index (χ1) is 13.5. The Hall–Kier alpha value is -1.90. The molecular weight excluding hydrogens is 378 g/mol. The normalized spacial score (nSPS) is 26.8. The Morgan fingerprint density at radius 3 is 2.79 bits per heavy atom. The minimum absolute atomic E-state index is 0.0304. The number of piperidine rings is 1. The Morgan fingerprint density at radius 2 is 2.04 bits per heavy atom. The Balaban J connectivity index is 1.25. The fraction of sp³-hybridized carbons (Fsp3) is 0.737. The van der Waals surface area contributed by atoms with Crippen LogP contribution >= 0.6 is 0 Å². The number of sulfone groups is 1. The summed E-state index contributed by atoms with van der Waals surface area (Å²) < 4.78 is 23.0. The SMILES string of the molecule is O=C(CC[C@@H]1CCCN(c2cc(NC3CC3)ncn2)C1)N[C@@H]1CCS(=O)(=O)C1. The molecule has 3 aliphatic rings. The van der Waals surface area contributed by atoms with Gasteiger partial charge in [0.25, 0.3) is 0 Å². The van der Waals surface area contributed by atoms with Crippen molar-refractivity contribution in [3.8, 4) is 0 Å².